The van der Waals surface area contributed by atoms with Gasteiger partial charge in [0.25, 0.3) is 0 Å². The molecule has 0 heterocycles. The number of nitrogens with two attached hydrogens (primary N) is 1. The zero-order valence-corrected chi connectivity index (χ0v) is 11.9. The number of nitrogens with zero attached hydrogens (tertiary/aromatic N) is 1. The number of aryl methyl sites for hydroxylation is 1. The highest BCUT2D eigenvalue weighted by Gasteiger charge is 2.35. The molecule has 0 saturated heterocycles. The van der Waals surface area contributed by atoms with Gasteiger partial charge in [-0.1, -0.05) is 6.07 Å². The van der Waals surface area contributed by atoms with E-state index >= 15 is 0 Å². The Labute approximate surface area is 109 Å². The van der Waals surface area contributed by atoms with Crippen molar-refractivity contribution in [1.82, 2.24) is 4.31 Å². The summed E-state index contributed by atoms with van der Waals surface area (Å²) in [5, 5.41) is 0. The molecule has 0 bridgehead atoms. The van der Waals surface area contributed by atoms with Gasteiger partial charge in [0.1, 0.15) is 0 Å². The van der Waals surface area contributed by atoms with Gasteiger partial charge in [-0.2, -0.15) is 4.31 Å². The number of hydrogen-bond donors (Lipinski definition) is 1. The molecule has 0 unspecified atom stereocenters. The van der Waals surface area contributed by atoms with Crippen LogP contribution < -0.4 is 5.73 Å². The molecule has 2 N–H and O–H groups in total. The van der Waals surface area contributed by atoms with E-state index in [0.717, 1.165) is 29.5 Å². The lowest BCUT2D eigenvalue weighted by Gasteiger charge is -2.19. The third-order valence-electron chi connectivity index (χ3n) is 3.63. The van der Waals surface area contributed by atoms with Gasteiger partial charge in [-0.25, -0.2) is 8.42 Å². The molecule has 1 aromatic carbocycles. The largest absolute Gasteiger partial charge is 0.326 e. The van der Waals surface area contributed by atoms with Crippen LogP contribution in [0.3, 0.4) is 0 Å². The van der Waals surface area contributed by atoms with Crippen molar-refractivity contribution in [2.75, 3.05) is 7.05 Å². The molecule has 1 aliphatic rings. The van der Waals surface area contributed by atoms with E-state index in [9.17, 15) is 8.42 Å². The predicted molar refractivity (Wildman–Crippen MR) is 71.8 cm³/mol. The van der Waals surface area contributed by atoms with E-state index in [4.69, 9.17) is 5.73 Å². The molecule has 0 radical (unpaired) electrons. The van der Waals surface area contributed by atoms with Crippen molar-refractivity contribution in [3.8, 4) is 0 Å². The SMILES string of the molecule is Cc1cc(CN)cc(S(=O)(=O)N(C)C2CC2)c1C. The fourth-order valence-corrected chi connectivity index (χ4v) is 3.84. The average Bonchev–Trinajstić information content (AvgIpc) is 3.15. The number of benzene rings is 1. The second-order valence-electron chi connectivity index (χ2n) is 4.99. The Morgan fingerprint density at radius 1 is 1.33 bits per heavy atom. The summed E-state index contributed by atoms with van der Waals surface area (Å²) in [6, 6.07) is 3.83. The quantitative estimate of drug-likeness (QED) is 0.901. The summed E-state index contributed by atoms with van der Waals surface area (Å²) in [7, 11) is -1.72. The minimum absolute atomic E-state index is 0.177. The number of rotatable bonds is 4. The highest BCUT2D eigenvalue weighted by molar-refractivity contribution is 7.89. The first-order valence-corrected chi connectivity index (χ1v) is 7.60. The molecule has 0 spiro atoms. The van der Waals surface area contributed by atoms with Gasteiger partial charge in [0.15, 0.2) is 0 Å². The van der Waals surface area contributed by atoms with Crippen LogP contribution in [0.4, 0.5) is 0 Å². The van der Waals surface area contributed by atoms with Crippen molar-refractivity contribution in [3.63, 3.8) is 0 Å². The molecule has 18 heavy (non-hydrogen) atoms. The van der Waals surface area contributed by atoms with Gasteiger partial charge >= 0.3 is 0 Å². The molecular formula is C13H20N2O2S. The first-order chi connectivity index (χ1) is 8.37. The fourth-order valence-electron chi connectivity index (χ4n) is 2.07. The van der Waals surface area contributed by atoms with Gasteiger partial charge in [-0.3, -0.25) is 0 Å². The molecule has 100 valence electrons. The van der Waals surface area contributed by atoms with Gasteiger partial charge in [-0.15, -0.1) is 0 Å². The van der Waals surface area contributed by atoms with Crippen molar-refractivity contribution < 1.29 is 8.42 Å². The number of sulfonamides is 1. The van der Waals surface area contributed by atoms with E-state index < -0.39 is 10.0 Å². The number of hydrogen-bond acceptors (Lipinski definition) is 3. The van der Waals surface area contributed by atoms with E-state index in [0.29, 0.717) is 11.4 Å². The van der Waals surface area contributed by atoms with Gasteiger partial charge in [0.2, 0.25) is 10.0 Å². The molecule has 0 aliphatic heterocycles. The standard InChI is InChI=1S/C13H20N2O2S/c1-9-6-11(8-14)7-13(10(9)2)18(16,17)15(3)12-4-5-12/h6-7,12H,4-5,8,14H2,1-3H3. The molecule has 0 aromatic heterocycles. The molecular weight excluding hydrogens is 248 g/mol. The van der Waals surface area contributed by atoms with Crippen LogP contribution in [-0.2, 0) is 16.6 Å². The van der Waals surface area contributed by atoms with Crippen LogP contribution >= 0.6 is 0 Å². The molecule has 1 saturated carbocycles. The summed E-state index contributed by atoms with van der Waals surface area (Å²) >= 11 is 0. The molecule has 2 rings (SSSR count). The molecule has 0 atom stereocenters. The van der Waals surface area contributed by atoms with Crippen LogP contribution in [0.25, 0.3) is 0 Å². The third-order valence-corrected chi connectivity index (χ3v) is 5.67. The Balaban J connectivity index is 2.52. The summed E-state index contributed by atoms with van der Waals surface area (Å²) in [4.78, 5) is 0.400. The van der Waals surface area contributed by atoms with Gasteiger partial charge in [-0.05, 0) is 49.4 Å². The van der Waals surface area contributed by atoms with Crippen LogP contribution in [0.15, 0.2) is 17.0 Å². The zero-order chi connectivity index (χ0) is 13.5. The van der Waals surface area contributed by atoms with Crippen molar-refractivity contribution in [1.29, 1.82) is 0 Å². The molecule has 1 aliphatic carbocycles. The van der Waals surface area contributed by atoms with Crippen molar-refractivity contribution in [2.24, 2.45) is 5.73 Å². The smallest absolute Gasteiger partial charge is 0.243 e. The molecule has 1 aromatic rings. The monoisotopic (exact) mass is 268 g/mol. The third kappa shape index (κ3) is 2.30. The summed E-state index contributed by atoms with van der Waals surface area (Å²) < 4.78 is 26.6. The van der Waals surface area contributed by atoms with Crippen LogP contribution in [-0.4, -0.2) is 25.8 Å². The minimum Gasteiger partial charge on any atom is -0.326 e. The summed E-state index contributed by atoms with van der Waals surface area (Å²) in [5.74, 6) is 0. The van der Waals surface area contributed by atoms with E-state index in [1.807, 2.05) is 19.9 Å². The zero-order valence-electron chi connectivity index (χ0n) is 11.1. The Kier molecular flexibility index (Phi) is 3.49. The van der Waals surface area contributed by atoms with Crippen molar-refractivity contribution in [2.45, 2.75) is 44.2 Å². The Morgan fingerprint density at radius 2 is 1.94 bits per heavy atom. The average molecular weight is 268 g/mol. The van der Waals surface area contributed by atoms with Crippen LogP contribution in [0, 0.1) is 13.8 Å². The predicted octanol–water partition coefficient (Wildman–Crippen LogP) is 1.55. The fraction of sp³-hybridized carbons (Fsp3) is 0.538. The van der Waals surface area contributed by atoms with Crippen LogP contribution in [0.2, 0.25) is 0 Å². The summed E-state index contributed by atoms with van der Waals surface area (Å²) in [6.45, 7) is 4.13. The maximum Gasteiger partial charge on any atom is 0.243 e. The Hall–Kier alpha value is -0.910. The van der Waals surface area contributed by atoms with E-state index in [2.05, 4.69) is 0 Å². The second kappa shape index (κ2) is 4.64. The highest BCUT2D eigenvalue weighted by Crippen LogP contribution is 2.32. The van der Waals surface area contributed by atoms with Gasteiger partial charge in [0, 0.05) is 19.6 Å². The highest BCUT2D eigenvalue weighted by atomic mass is 32.2. The maximum atomic E-state index is 12.5. The first kappa shape index (κ1) is 13.5. The van der Waals surface area contributed by atoms with Crippen LogP contribution in [0.5, 0.6) is 0 Å². The summed E-state index contributed by atoms with van der Waals surface area (Å²) in [6.07, 6.45) is 1.93. The van der Waals surface area contributed by atoms with E-state index in [1.54, 1.807) is 13.1 Å². The molecule has 1 fully saturated rings. The lowest BCUT2D eigenvalue weighted by molar-refractivity contribution is 0.463. The summed E-state index contributed by atoms with van der Waals surface area (Å²) in [5.41, 5.74) is 8.27. The van der Waals surface area contributed by atoms with Crippen molar-refractivity contribution >= 4 is 10.0 Å². The van der Waals surface area contributed by atoms with Crippen LogP contribution in [0.1, 0.15) is 29.5 Å². The lowest BCUT2D eigenvalue weighted by Crippen LogP contribution is -2.29. The van der Waals surface area contributed by atoms with Gasteiger partial charge in [0.05, 0.1) is 4.90 Å². The van der Waals surface area contributed by atoms with Crippen molar-refractivity contribution in [3.05, 3.63) is 28.8 Å². The first-order valence-electron chi connectivity index (χ1n) is 6.16. The van der Waals surface area contributed by atoms with E-state index in [1.165, 1.54) is 4.31 Å². The molecule has 5 heteroatoms. The van der Waals surface area contributed by atoms with Gasteiger partial charge < -0.3 is 5.73 Å². The maximum absolute atomic E-state index is 12.5. The molecule has 0 amide bonds. The van der Waals surface area contributed by atoms with E-state index in [-0.39, 0.29) is 6.04 Å². The normalized spacial score (nSPS) is 16.3. The minimum atomic E-state index is -3.38. The second-order valence-corrected chi connectivity index (χ2v) is 6.96. The topological polar surface area (TPSA) is 63.4 Å². The Bertz CT molecular complexity index is 563. The Morgan fingerprint density at radius 3 is 2.44 bits per heavy atom. The lowest BCUT2D eigenvalue weighted by atomic mass is 10.1. The molecule has 4 nitrogen and oxygen atoms in total.